The van der Waals surface area contributed by atoms with Crippen molar-refractivity contribution in [2.45, 2.75) is 19.4 Å². The summed E-state index contributed by atoms with van der Waals surface area (Å²) in [5.41, 5.74) is 1.10. The van der Waals surface area contributed by atoms with Crippen molar-refractivity contribution >= 4 is 16.7 Å². The molecule has 1 N–H and O–H groups in total. The van der Waals surface area contributed by atoms with E-state index in [2.05, 4.69) is 35.6 Å². The molecule has 1 unspecified atom stereocenters. The molecule has 0 aromatic heterocycles. The van der Waals surface area contributed by atoms with Gasteiger partial charge in [0.25, 0.3) is 0 Å². The minimum atomic E-state index is -0.0175. The Kier molecular flexibility index (Phi) is 6.37. The number of carbonyl (C=O) groups is 1. The van der Waals surface area contributed by atoms with Gasteiger partial charge in [0.2, 0.25) is 5.91 Å². The first-order valence-corrected chi connectivity index (χ1v) is 7.55. The van der Waals surface area contributed by atoms with E-state index in [4.69, 9.17) is 9.47 Å². The van der Waals surface area contributed by atoms with Crippen molar-refractivity contribution in [2.24, 2.45) is 0 Å². The maximum Gasteiger partial charge on any atom is 0.222 e. The number of carbonyl (C=O) groups excluding carboxylic acids is 1. The Morgan fingerprint density at radius 2 is 1.86 bits per heavy atom. The number of ether oxygens (including phenoxy) is 2. The van der Waals surface area contributed by atoms with Crippen molar-refractivity contribution < 1.29 is 14.3 Å². The molecular formula is C18H23NO3. The van der Waals surface area contributed by atoms with Crippen molar-refractivity contribution in [3.05, 3.63) is 48.0 Å². The van der Waals surface area contributed by atoms with Crippen LogP contribution in [-0.4, -0.2) is 32.8 Å². The average Bonchev–Trinajstić information content (AvgIpc) is 2.54. The van der Waals surface area contributed by atoms with Crippen LogP contribution in [-0.2, 0) is 14.3 Å². The Hall–Kier alpha value is -1.91. The predicted molar refractivity (Wildman–Crippen MR) is 87.8 cm³/mol. The Labute approximate surface area is 131 Å². The SMILES string of the molecule is COCCOCCC(=O)NC(C)c1ccc2ccccc2c1. The lowest BCUT2D eigenvalue weighted by molar-refractivity contribution is -0.122. The topological polar surface area (TPSA) is 47.6 Å². The van der Waals surface area contributed by atoms with Crippen molar-refractivity contribution in [3.8, 4) is 0 Å². The average molecular weight is 301 g/mol. The van der Waals surface area contributed by atoms with Crippen LogP contribution in [0.4, 0.5) is 0 Å². The van der Waals surface area contributed by atoms with Gasteiger partial charge in [-0.15, -0.1) is 0 Å². The van der Waals surface area contributed by atoms with Gasteiger partial charge in [0, 0.05) is 13.5 Å². The Bertz CT molecular complexity index is 612. The fourth-order valence-electron chi connectivity index (χ4n) is 2.28. The summed E-state index contributed by atoms with van der Waals surface area (Å²) in [6.07, 6.45) is 0.363. The van der Waals surface area contributed by atoms with Gasteiger partial charge >= 0.3 is 0 Å². The molecule has 2 aromatic carbocycles. The second-order valence-corrected chi connectivity index (χ2v) is 5.25. The van der Waals surface area contributed by atoms with Gasteiger partial charge in [-0.25, -0.2) is 0 Å². The van der Waals surface area contributed by atoms with Gasteiger partial charge in [-0.05, 0) is 29.3 Å². The molecule has 22 heavy (non-hydrogen) atoms. The van der Waals surface area contributed by atoms with E-state index < -0.39 is 0 Å². The number of nitrogens with one attached hydrogen (secondary N) is 1. The largest absolute Gasteiger partial charge is 0.382 e. The molecule has 2 aromatic rings. The summed E-state index contributed by atoms with van der Waals surface area (Å²) < 4.78 is 10.2. The number of rotatable bonds is 8. The van der Waals surface area contributed by atoms with Crippen molar-refractivity contribution in [3.63, 3.8) is 0 Å². The zero-order valence-corrected chi connectivity index (χ0v) is 13.2. The normalized spacial score (nSPS) is 12.3. The summed E-state index contributed by atoms with van der Waals surface area (Å²) in [5.74, 6) is -0.00178. The summed E-state index contributed by atoms with van der Waals surface area (Å²) in [4.78, 5) is 11.9. The van der Waals surface area contributed by atoms with Crippen LogP contribution in [0.1, 0.15) is 24.9 Å². The zero-order chi connectivity index (χ0) is 15.8. The van der Waals surface area contributed by atoms with Crippen molar-refractivity contribution in [1.29, 1.82) is 0 Å². The number of hydrogen-bond acceptors (Lipinski definition) is 3. The van der Waals surface area contributed by atoms with E-state index >= 15 is 0 Å². The maximum atomic E-state index is 11.9. The molecule has 0 spiro atoms. The Morgan fingerprint density at radius 1 is 1.09 bits per heavy atom. The minimum absolute atomic E-state index is 0.00178. The number of amides is 1. The van der Waals surface area contributed by atoms with E-state index in [1.807, 2.05) is 19.1 Å². The van der Waals surface area contributed by atoms with Crippen LogP contribution in [0.2, 0.25) is 0 Å². The van der Waals surface area contributed by atoms with Crippen LogP contribution in [0.25, 0.3) is 10.8 Å². The summed E-state index contributed by atoms with van der Waals surface area (Å²) in [6.45, 7) is 3.48. The minimum Gasteiger partial charge on any atom is -0.382 e. The van der Waals surface area contributed by atoms with Crippen LogP contribution in [0, 0.1) is 0 Å². The second kappa shape index (κ2) is 8.51. The molecule has 0 saturated heterocycles. The third kappa shape index (κ3) is 4.83. The number of benzene rings is 2. The van der Waals surface area contributed by atoms with E-state index in [0.29, 0.717) is 26.2 Å². The molecule has 0 heterocycles. The van der Waals surface area contributed by atoms with E-state index in [1.165, 1.54) is 10.8 Å². The van der Waals surface area contributed by atoms with Crippen LogP contribution < -0.4 is 5.32 Å². The fraction of sp³-hybridized carbons (Fsp3) is 0.389. The molecule has 1 amide bonds. The first-order valence-electron chi connectivity index (χ1n) is 7.55. The standard InChI is InChI=1S/C18H23NO3/c1-14(19-18(20)9-10-22-12-11-21-2)16-8-7-15-5-3-4-6-17(15)13-16/h3-8,13-14H,9-12H2,1-2H3,(H,19,20). The van der Waals surface area contributed by atoms with Crippen molar-refractivity contribution in [1.82, 2.24) is 5.32 Å². The van der Waals surface area contributed by atoms with Gasteiger partial charge in [-0.1, -0.05) is 36.4 Å². The number of methoxy groups -OCH3 is 1. The van der Waals surface area contributed by atoms with Gasteiger partial charge in [-0.3, -0.25) is 4.79 Å². The molecule has 4 heteroatoms. The smallest absolute Gasteiger partial charge is 0.222 e. The summed E-state index contributed by atoms with van der Waals surface area (Å²) in [7, 11) is 1.63. The number of fused-ring (bicyclic) bond motifs is 1. The van der Waals surface area contributed by atoms with Gasteiger partial charge in [0.05, 0.1) is 25.9 Å². The highest BCUT2D eigenvalue weighted by molar-refractivity contribution is 5.83. The van der Waals surface area contributed by atoms with E-state index in [1.54, 1.807) is 7.11 Å². The molecule has 118 valence electrons. The summed E-state index contributed by atoms with van der Waals surface area (Å²) in [5, 5.41) is 5.39. The van der Waals surface area contributed by atoms with Gasteiger partial charge in [-0.2, -0.15) is 0 Å². The summed E-state index contributed by atoms with van der Waals surface area (Å²) >= 11 is 0. The highest BCUT2D eigenvalue weighted by atomic mass is 16.5. The van der Waals surface area contributed by atoms with Crippen LogP contribution in [0.3, 0.4) is 0 Å². The first-order chi connectivity index (χ1) is 10.7. The molecule has 0 aliphatic heterocycles. The van der Waals surface area contributed by atoms with Crippen LogP contribution in [0.5, 0.6) is 0 Å². The second-order valence-electron chi connectivity index (χ2n) is 5.25. The molecule has 0 radical (unpaired) electrons. The molecule has 0 aliphatic carbocycles. The van der Waals surface area contributed by atoms with E-state index in [9.17, 15) is 4.79 Å². The zero-order valence-electron chi connectivity index (χ0n) is 13.2. The van der Waals surface area contributed by atoms with Gasteiger partial charge in [0.15, 0.2) is 0 Å². The lowest BCUT2D eigenvalue weighted by Gasteiger charge is -2.15. The van der Waals surface area contributed by atoms with Crippen LogP contribution >= 0.6 is 0 Å². The molecule has 4 nitrogen and oxygen atoms in total. The lowest BCUT2D eigenvalue weighted by atomic mass is 10.0. The first kappa shape index (κ1) is 16.5. The molecular weight excluding hydrogens is 278 g/mol. The number of hydrogen-bond donors (Lipinski definition) is 1. The quantitative estimate of drug-likeness (QED) is 0.762. The van der Waals surface area contributed by atoms with Crippen LogP contribution in [0.15, 0.2) is 42.5 Å². The highest BCUT2D eigenvalue weighted by Crippen LogP contribution is 2.20. The molecule has 0 fully saturated rings. The maximum absolute atomic E-state index is 11.9. The van der Waals surface area contributed by atoms with E-state index in [-0.39, 0.29) is 11.9 Å². The molecule has 0 saturated carbocycles. The summed E-state index contributed by atoms with van der Waals surface area (Å²) in [6, 6.07) is 14.5. The molecule has 2 rings (SSSR count). The molecule has 1 atom stereocenters. The molecule has 0 bridgehead atoms. The molecule has 0 aliphatic rings. The van der Waals surface area contributed by atoms with Gasteiger partial charge in [0.1, 0.15) is 0 Å². The van der Waals surface area contributed by atoms with E-state index in [0.717, 1.165) is 5.56 Å². The third-order valence-electron chi connectivity index (χ3n) is 3.56. The highest BCUT2D eigenvalue weighted by Gasteiger charge is 2.09. The fourth-order valence-corrected chi connectivity index (χ4v) is 2.28. The van der Waals surface area contributed by atoms with Crippen molar-refractivity contribution in [2.75, 3.05) is 26.9 Å². The predicted octanol–water partition coefficient (Wildman–Crippen LogP) is 3.07. The Morgan fingerprint density at radius 3 is 2.64 bits per heavy atom. The lowest BCUT2D eigenvalue weighted by Crippen LogP contribution is -2.27. The third-order valence-corrected chi connectivity index (χ3v) is 3.56. The Balaban J connectivity index is 1.84. The van der Waals surface area contributed by atoms with Gasteiger partial charge < -0.3 is 14.8 Å². The monoisotopic (exact) mass is 301 g/mol.